The van der Waals surface area contributed by atoms with Crippen LogP contribution in [-0.2, 0) is 0 Å². The van der Waals surface area contributed by atoms with Gasteiger partial charge >= 0.3 is 0 Å². The van der Waals surface area contributed by atoms with E-state index in [-0.39, 0.29) is 5.02 Å². The first-order valence-electron chi connectivity index (χ1n) is 3.01. The number of nitrogens with one attached hydrogen (secondary N) is 1. The van der Waals surface area contributed by atoms with Gasteiger partial charge in [-0.2, -0.15) is 0 Å². The molecule has 0 aromatic heterocycles. The van der Waals surface area contributed by atoms with E-state index in [4.69, 9.17) is 35.0 Å². The number of hydrogen-bond acceptors (Lipinski definition) is 1. The zero-order valence-corrected chi connectivity index (χ0v) is 8.04. The van der Waals surface area contributed by atoms with Crippen molar-refractivity contribution in [1.82, 2.24) is 4.84 Å². The quantitative estimate of drug-likeness (QED) is 0.730. The summed E-state index contributed by atoms with van der Waals surface area (Å²) >= 11 is 16.4. The number of rotatable bonds is 1. The first-order valence-corrected chi connectivity index (χ1v) is 4.14. The summed E-state index contributed by atoms with van der Waals surface area (Å²) in [5.41, 5.74) is 0.302. The summed E-state index contributed by atoms with van der Waals surface area (Å²) < 4.78 is 0. The summed E-state index contributed by atoms with van der Waals surface area (Å²) in [4.78, 5) is 12.9. The molecule has 64 valence electrons. The van der Waals surface area contributed by atoms with E-state index >= 15 is 0 Å². The molecule has 2 nitrogen and oxygen atoms in total. The van der Waals surface area contributed by atoms with Gasteiger partial charge in [-0.3, -0.25) is 9.63 Å². The lowest BCUT2D eigenvalue weighted by atomic mass is 10.2. The monoisotopic (exact) mass is 223 g/mol. The number of amides is 1. The zero-order chi connectivity index (χ0) is 9.14. The maximum atomic E-state index is 11.0. The largest absolute Gasteiger partial charge is 0.268 e. The van der Waals surface area contributed by atoms with Gasteiger partial charge in [-0.1, -0.05) is 23.2 Å². The van der Waals surface area contributed by atoms with Gasteiger partial charge in [-0.15, -0.1) is 0 Å². The van der Waals surface area contributed by atoms with Crippen LogP contribution in [0.2, 0.25) is 10.0 Å². The summed E-state index contributed by atoms with van der Waals surface area (Å²) in [6, 6.07) is 4.54. The average molecular weight is 224 g/mol. The number of benzene rings is 1. The molecular weight excluding hydrogens is 220 g/mol. The fourth-order valence-corrected chi connectivity index (χ4v) is 1.32. The van der Waals surface area contributed by atoms with Crippen LogP contribution in [0.4, 0.5) is 0 Å². The Bertz CT molecular complexity index is 314. The van der Waals surface area contributed by atoms with Crippen LogP contribution in [0.25, 0.3) is 0 Å². The summed E-state index contributed by atoms with van der Waals surface area (Å²) in [5, 5.41) is 0.756. The van der Waals surface area contributed by atoms with Gasteiger partial charge < -0.3 is 0 Å². The number of halogens is 3. The van der Waals surface area contributed by atoms with Gasteiger partial charge in [0.05, 0.1) is 10.6 Å². The van der Waals surface area contributed by atoms with Crippen molar-refractivity contribution in [3.63, 3.8) is 0 Å². The van der Waals surface area contributed by atoms with Crippen LogP contribution in [0, 0.1) is 0 Å². The topological polar surface area (TPSA) is 29.1 Å². The van der Waals surface area contributed by atoms with Crippen molar-refractivity contribution in [2.45, 2.75) is 0 Å². The Morgan fingerprint density at radius 2 is 2.00 bits per heavy atom. The highest BCUT2D eigenvalue weighted by atomic mass is 35.5. The second-order valence-corrected chi connectivity index (χ2v) is 3.08. The van der Waals surface area contributed by atoms with Crippen molar-refractivity contribution < 1.29 is 4.79 Å². The van der Waals surface area contributed by atoms with Crippen molar-refractivity contribution in [3.8, 4) is 0 Å². The lowest BCUT2D eigenvalue weighted by molar-refractivity contribution is 0.0982. The predicted octanol–water partition coefficient (Wildman–Crippen LogP) is 2.88. The van der Waals surface area contributed by atoms with Gasteiger partial charge in [0.15, 0.2) is 0 Å². The van der Waals surface area contributed by atoms with Crippen molar-refractivity contribution in [3.05, 3.63) is 33.8 Å². The molecule has 12 heavy (non-hydrogen) atoms. The maximum Gasteiger partial charge on any atom is 0.267 e. The minimum Gasteiger partial charge on any atom is -0.268 e. The first-order chi connectivity index (χ1) is 5.65. The smallest absolute Gasteiger partial charge is 0.267 e. The second kappa shape index (κ2) is 3.99. The number of carbonyl (C=O) groups excluding carboxylic acids is 1. The molecule has 1 rings (SSSR count). The molecule has 0 atom stereocenters. The normalized spacial score (nSPS) is 9.58. The van der Waals surface area contributed by atoms with E-state index in [9.17, 15) is 4.79 Å². The molecule has 5 heteroatoms. The van der Waals surface area contributed by atoms with Crippen LogP contribution >= 0.6 is 35.0 Å². The number of hydrogen-bond donors (Lipinski definition) is 1. The third kappa shape index (κ3) is 2.03. The zero-order valence-electron chi connectivity index (χ0n) is 5.77. The number of carbonyl (C=O) groups is 1. The lowest BCUT2D eigenvalue weighted by Gasteiger charge is -2.00. The SMILES string of the molecule is O=C(NCl)c1ccc(Cl)cc1Cl. The fourth-order valence-electron chi connectivity index (χ4n) is 0.725. The highest BCUT2D eigenvalue weighted by Crippen LogP contribution is 2.20. The highest BCUT2D eigenvalue weighted by Gasteiger charge is 2.08. The van der Waals surface area contributed by atoms with Gasteiger partial charge in [-0.05, 0) is 18.2 Å². The molecule has 1 N–H and O–H groups in total. The van der Waals surface area contributed by atoms with Gasteiger partial charge in [-0.25, -0.2) is 0 Å². The van der Waals surface area contributed by atoms with E-state index < -0.39 is 5.91 Å². The van der Waals surface area contributed by atoms with Gasteiger partial charge in [0.25, 0.3) is 5.91 Å². The Morgan fingerprint density at radius 1 is 1.33 bits per heavy atom. The Morgan fingerprint density at radius 3 is 2.50 bits per heavy atom. The van der Waals surface area contributed by atoms with Crippen molar-refractivity contribution >= 4 is 40.9 Å². The van der Waals surface area contributed by atoms with E-state index in [0.717, 1.165) is 0 Å². The third-order valence-electron chi connectivity index (χ3n) is 1.26. The van der Waals surface area contributed by atoms with Crippen molar-refractivity contribution in [2.24, 2.45) is 0 Å². The molecule has 0 bridgehead atoms. The van der Waals surface area contributed by atoms with Crippen molar-refractivity contribution in [2.75, 3.05) is 0 Å². The predicted molar refractivity (Wildman–Crippen MR) is 49.8 cm³/mol. The summed E-state index contributed by atoms with van der Waals surface area (Å²) in [6.45, 7) is 0. The van der Waals surface area contributed by atoms with E-state index in [2.05, 4.69) is 0 Å². The Hall–Kier alpha value is -0.440. The standard InChI is InChI=1S/C7H4Cl3NO/c8-4-1-2-5(6(9)3-4)7(12)11-10/h1-3H,(H,11,12). The molecule has 0 heterocycles. The van der Waals surface area contributed by atoms with Crippen LogP contribution in [0.5, 0.6) is 0 Å². The van der Waals surface area contributed by atoms with Crippen LogP contribution in [0.1, 0.15) is 10.4 Å². The van der Waals surface area contributed by atoms with Crippen LogP contribution in [0.15, 0.2) is 18.2 Å². The third-order valence-corrected chi connectivity index (χ3v) is 1.98. The molecule has 0 radical (unpaired) electrons. The summed E-state index contributed by atoms with van der Waals surface area (Å²) in [7, 11) is 0. The molecule has 0 aliphatic heterocycles. The Labute approximate surface area is 84.5 Å². The maximum absolute atomic E-state index is 11.0. The van der Waals surface area contributed by atoms with Crippen LogP contribution in [-0.4, -0.2) is 5.91 Å². The second-order valence-electron chi connectivity index (χ2n) is 2.05. The summed E-state index contributed by atoms with van der Waals surface area (Å²) in [5.74, 6) is -0.446. The van der Waals surface area contributed by atoms with E-state index in [1.54, 1.807) is 6.07 Å². The molecule has 0 aliphatic carbocycles. The minimum absolute atomic E-state index is 0.278. The van der Waals surface area contributed by atoms with E-state index in [1.807, 2.05) is 4.84 Å². The highest BCUT2D eigenvalue weighted by molar-refractivity contribution is 6.37. The minimum atomic E-state index is -0.446. The molecule has 0 saturated heterocycles. The average Bonchev–Trinajstić information content (AvgIpc) is 2.03. The molecule has 1 amide bonds. The molecule has 0 fully saturated rings. The molecule has 1 aromatic carbocycles. The molecule has 0 aliphatic rings. The Balaban J connectivity index is 3.09. The van der Waals surface area contributed by atoms with E-state index in [1.165, 1.54) is 12.1 Å². The Kier molecular flexibility index (Phi) is 3.20. The molecular formula is C7H4Cl3NO. The van der Waals surface area contributed by atoms with Crippen molar-refractivity contribution in [1.29, 1.82) is 0 Å². The van der Waals surface area contributed by atoms with E-state index in [0.29, 0.717) is 10.6 Å². The lowest BCUT2D eigenvalue weighted by Crippen LogP contribution is -2.12. The molecule has 0 unspecified atom stereocenters. The van der Waals surface area contributed by atoms with Crippen LogP contribution in [0.3, 0.4) is 0 Å². The summed E-state index contributed by atoms with van der Waals surface area (Å²) in [6.07, 6.45) is 0. The van der Waals surface area contributed by atoms with Gasteiger partial charge in [0.1, 0.15) is 0 Å². The molecule has 0 saturated carbocycles. The first kappa shape index (κ1) is 9.65. The van der Waals surface area contributed by atoms with Gasteiger partial charge in [0.2, 0.25) is 0 Å². The van der Waals surface area contributed by atoms with Crippen LogP contribution < -0.4 is 4.84 Å². The fraction of sp³-hybridized carbons (Fsp3) is 0. The molecule has 0 spiro atoms. The van der Waals surface area contributed by atoms with Gasteiger partial charge in [0, 0.05) is 16.8 Å². The molecule has 1 aromatic rings.